The summed E-state index contributed by atoms with van der Waals surface area (Å²) in [6.07, 6.45) is 2.26. The predicted octanol–water partition coefficient (Wildman–Crippen LogP) is 2.35. The molecule has 1 saturated heterocycles. The maximum atomic E-state index is 12.1. The molecule has 94 valence electrons. The Hall–Kier alpha value is -0.570. The van der Waals surface area contributed by atoms with Gasteiger partial charge in [-0.25, -0.2) is 0 Å². The van der Waals surface area contributed by atoms with Crippen molar-refractivity contribution in [3.05, 3.63) is 0 Å². The average molecular weight is 227 g/mol. The highest BCUT2D eigenvalue weighted by Crippen LogP contribution is 2.34. The first-order valence-corrected chi connectivity index (χ1v) is 6.17. The van der Waals surface area contributed by atoms with E-state index in [9.17, 15) is 4.79 Å². The first-order valence-electron chi connectivity index (χ1n) is 6.17. The normalized spacial score (nSPS) is 22.9. The molecule has 0 radical (unpaired) electrons. The van der Waals surface area contributed by atoms with Gasteiger partial charge in [-0.05, 0) is 66.5 Å². The fraction of sp³-hybridized carbons (Fsp3) is 0.923. The Morgan fingerprint density at radius 3 is 2.31 bits per heavy atom. The number of carbonyl (C=O) groups excluding carboxylic acids is 1. The summed E-state index contributed by atoms with van der Waals surface area (Å²) in [5, 5.41) is 3.35. The van der Waals surface area contributed by atoms with Crippen LogP contribution < -0.4 is 5.32 Å². The molecule has 0 aromatic rings. The number of carbonyl (C=O) groups is 1. The number of piperidine rings is 1. The number of hydrogen-bond donors (Lipinski definition) is 1. The summed E-state index contributed by atoms with van der Waals surface area (Å²) in [5.41, 5.74) is -0.781. The molecule has 0 saturated carbocycles. The van der Waals surface area contributed by atoms with Gasteiger partial charge in [0.1, 0.15) is 5.60 Å². The molecule has 0 aromatic heterocycles. The molecular weight excluding hydrogens is 202 g/mol. The van der Waals surface area contributed by atoms with Crippen LogP contribution in [0.4, 0.5) is 0 Å². The van der Waals surface area contributed by atoms with Crippen LogP contribution in [0.2, 0.25) is 0 Å². The van der Waals surface area contributed by atoms with E-state index in [0.717, 1.165) is 25.9 Å². The van der Waals surface area contributed by atoms with Crippen molar-refractivity contribution in [1.29, 1.82) is 0 Å². The zero-order valence-corrected chi connectivity index (χ0v) is 11.2. The fourth-order valence-corrected chi connectivity index (χ4v) is 2.04. The average Bonchev–Trinajstić information content (AvgIpc) is 2.16. The van der Waals surface area contributed by atoms with Crippen LogP contribution in [-0.2, 0) is 9.53 Å². The minimum absolute atomic E-state index is 0.0753. The molecule has 1 N–H and O–H groups in total. The van der Waals surface area contributed by atoms with Crippen molar-refractivity contribution >= 4 is 5.97 Å². The lowest BCUT2D eigenvalue weighted by Gasteiger charge is -2.37. The molecule has 0 spiro atoms. The van der Waals surface area contributed by atoms with Crippen LogP contribution in [0.25, 0.3) is 0 Å². The molecule has 0 amide bonds. The van der Waals surface area contributed by atoms with Crippen molar-refractivity contribution < 1.29 is 9.53 Å². The minimum Gasteiger partial charge on any atom is -0.460 e. The number of hydrogen-bond acceptors (Lipinski definition) is 3. The van der Waals surface area contributed by atoms with E-state index in [1.807, 2.05) is 34.6 Å². The summed E-state index contributed by atoms with van der Waals surface area (Å²) in [5.74, 6) is 0.310. The zero-order valence-electron chi connectivity index (χ0n) is 11.2. The maximum absolute atomic E-state index is 12.1. The Bertz CT molecular complexity index is 247. The summed E-state index contributed by atoms with van der Waals surface area (Å²) in [4.78, 5) is 12.1. The van der Waals surface area contributed by atoms with Gasteiger partial charge >= 0.3 is 5.97 Å². The molecular formula is C13H25NO2. The smallest absolute Gasteiger partial charge is 0.312 e. The molecule has 1 aliphatic heterocycles. The van der Waals surface area contributed by atoms with Gasteiger partial charge in [0, 0.05) is 0 Å². The van der Waals surface area contributed by atoms with Crippen LogP contribution in [0, 0.1) is 11.3 Å². The number of ether oxygens (including phenoxy) is 1. The van der Waals surface area contributed by atoms with Gasteiger partial charge in [0.15, 0.2) is 0 Å². The van der Waals surface area contributed by atoms with Gasteiger partial charge in [0.25, 0.3) is 0 Å². The van der Waals surface area contributed by atoms with E-state index in [2.05, 4.69) is 5.32 Å². The molecule has 3 nitrogen and oxygen atoms in total. The molecule has 0 aromatic carbocycles. The van der Waals surface area contributed by atoms with Gasteiger partial charge in [-0.15, -0.1) is 0 Å². The summed E-state index contributed by atoms with van der Waals surface area (Å²) in [6, 6.07) is 0. The lowest BCUT2D eigenvalue weighted by Crippen LogP contribution is -2.45. The molecule has 1 heterocycles. The summed E-state index contributed by atoms with van der Waals surface area (Å²) < 4.78 is 5.49. The van der Waals surface area contributed by atoms with Crippen molar-refractivity contribution in [2.24, 2.45) is 11.3 Å². The third-order valence-electron chi connectivity index (χ3n) is 3.24. The third-order valence-corrected chi connectivity index (χ3v) is 3.24. The van der Waals surface area contributed by atoms with Gasteiger partial charge < -0.3 is 10.1 Å². The molecule has 1 aliphatic rings. The van der Waals surface area contributed by atoms with Crippen LogP contribution in [-0.4, -0.2) is 24.7 Å². The van der Waals surface area contributed by atoms with E-state index < -0.39 is 5.60 Å². The Balaban J connectivity index is 2.64. The van der Waals surface area contributed by atoms with Crippen molar-refractivity contribution in [3.63, 3.8) is 0 Å². The predicted molar refractivity (Wildman–Crippen MR) is 65.2 cm³/mol. The van der Waals surface area contributed by atoms with Crippen LogP contribution in [0.15, 0.2) is 0 Å². The van der Waals surface area contributed by atoms with Gasteiger partial charge in [0.2, 0.25) is 0 Å². The van der Waals surface area contributed by atoms with Gasteiger partial charge in [-0.1, -0.05) is 0 Å². The number of nitrogens with one attached hydrogen (secondary N) is 1. The number of rotatable bonds is 2. The largest absolute Gasteiger partial charge is 0.460 e. The molecule has 1 fully saturated rings. The Morgan fingerprint density at radius 1 is 1.25 bits per heavy atom. The van der Waals surface area contributed by atoms with Crippen LogP contribution >= 0.6 is 0 Å². The molecule has 3 heteroatoms. The summed E-state index contributed by atoms with van der Waals surface area (Å²) >= 11 is 0. The second kappa shape index (κ2) is 4.74. The highest BCUT2D eigenvalue weighted by atomic mass is 16.6. The lowest BCUT2D eigenvalue weighted by molar-refractivity contribution is -0.169. The third kappa shape index (κ3) is 3.48. The van der Waals surface area contributed by atoms with Crippen LogP contribution in [0.5, 0.6) is 0 Å². The Morgan fingerprint density at radius 2 is 1.88 bits per heavy atom. The van der Waals surface area contributed by atoms with E-state index >= 15 is 0 Å². The SMILES string of the molecule is CC(C)(C)OC(=O)C(C)(C)C1CCCNC1. The van der Waals surface area contributed by atoms with E-state index in [-0.39, 0.29) is 11.4 Å². The standard InChI is InChI=1S/C13H25NO2/c1-12(2,3)16-11(15)13(4,5)10-7-6-8-14-9-10/h10,14H,6-9H2,1-5H3. The minimum atomic E-state index is -0.392. The van der Waals surface area contributed by atoms with Gasteiger partial charge in [-0.3, -0.25) is 4.79 Å². The zero-order chi connectivity index (χ0) is 12.4. The number of esters is 1. The topological polar surface area (TPSA) is 38.3 Å². The fourth-order valence-electron chi connectivity index (χ4n) is 2.04. The second-order valence-corrected chi connectivity index (χ2v) is 6.27. The van der Waals surface area contributed by atoms with Gasteiger partial charge in [0.05, 0.1) is 5.41 Å². The van der Waals surface area contributed by atoms with Gasteiger partial charge in [-0.2, -0.15) is 0 Å². The molecule has 1 unspecified atom stereocenters. The molecule has 0 aliphatic carbocycles. The van der Waals surface area contributed by atoms with Crippen molar-refractivity contribution in [3.8, 4) is 0 Å². The Labute approximate surface area is 98.9 Å². The summed E-state index contributed by atoms with van der Waals surface area (Å²) in [6.45, 7) is 11.7. The van der Waals surface area contributed by atoms with Crippen LogP contribution in [0.3, 0.4) is 0 Å². The maximum Gasteiger partial charge on any atom is 0.312 e. The van der Waals surface area contributed by atoms with Crippen molar-refractivity contribution in [2.75, 3.05) is 13.1 Å². The first-order chi connectivity index (χ1) is 7.23. The van der Waals surface area contributed by atoms with E-state index in [1.165, 1.54) is 0 Å². The Kier molecular flexibility index (Phi) is 4.00. The van der Waals surface area contributed by atoms with Crippen molar-refractivity contribution in [2.45, 2.75) is 53.1 Å². The molecule has 1 atom stereocenters. The quantitative estimate of drug-likeness (QED) is 0.736. The molecule has 0 bridgehead atoms. The lowest BCUT2D eigenvalue weighted by atomic mass is 9.75. The monoisotopic (exact) mass is 227 g/mol. The highest BCUT2D eigenvalue weighted by Gasteiger charge is 2.40. The van der Waals surface area contributed by atoms with Crippen molar-refractivity contribution in [1.82, 2.24) is 5.32 Å². The molecule has 16 heavy (non-hydrogen) atoms. The van der Waals surface area contributed by atoms with E-state index in [0.29, 0.717) is 5.92 Å². The molecule has 1 rings (SSSR count). The summed E-state index contributed by atoms with van der Waals surface area (Å²) in [7, 11) is 0. The second-order valence-electron chi connectivity index (χ2n) is 6.27. The van der Waals surface area contributed by atoms with E-state index in [4.69, 9.17) is 4.74 Å². The first kappa shape index (κ1) is 13.5. The van der Waals surface area contributed by atoms with Crippen LogP contribution in [0.1, 0.15) is 47.5 Å². The van der Waals surface area contributed by atoms with E-state index in [1.54, 1.807) is 0 Å². The highest BCUT2D eigenvalue weighted by molar-refractivity contribution is 5.76.